The fourth-order valence-electron chi connectivity index (χ4n) is 5.13. The second kappa shape index (κ2) is 6.70. The average Bonchev–Trinajstić information content (AvgIpc) is 2.88. The summed E-state index contributed by atoms with van der Waals surface area (Å²) in [4.78, 5) is 14.9. The quantitative estimate of drug-likeness (QED) is 0.755. The molecule has 1 aromatic carbocycles. The SMILES string of the molecule is CC1=CCC[C@@]2(C)C[C@H]3OC(=O)[C@H](CN(C)Cc4ccccc4)[C@@H]3C=C12. The van der Waals surface area contributed by atoms with Crippen LogP contribution in [0.25, 0.3) is 0 Å². The van der Waals surface area contributed by atoms with E-state index in [1.54, 1.807) is 0 Å². The minimum absolute atomic E-state index is 0.0133. The van der Waals surface area contributed by atoms with Crippen molar-refractivity contribution in [2.24, 2.45) is 17.3 Å². The van der Waals surface area contributed by atoms with Gasteiger partial charge in [0.15, 0.2) is 0 Å². The highest BCUT2D eigenvalue weighted by atomic mass is 16.6. The van der Waals surface area contributed by atoms with Gasteiger partial charge in [-0.25, -0.2) is 0 Å². The lowest BCUT2D eigenvalue weighted by molar-refractivity contribution is -0.145. The summed E-state index contributed by atoms with van der Waals surface area (Å²) in [6, 6.07) is 10.4. The van der Waals surface area contributed by atoms with Crippen LogP contribution in [0.1, 0.15) is 38.7 Å². The number of allylic oxidation sites excluding steroid dienone is 3. The van der Waals surface area contributed by atoms with E-state index in [1.165, 1.54) is 16.7 Å². The molecule has 0 spiro atoms. The maximum absolute atomic E-state index is 12.6. The van der Waals surface area contributed by atoms with Gasteiger partial charge in [0.1, 0.15) is 6.10 Å². The van der Waals surface area contributed by atoms with Crippen molar-refractivity contribution in [1.29, 1.82) is 0 Å². The molecule has 0 radical (unpaired) electrons. The van der Waals surface area contributed by atoms with E-state index in [4.69, 9.17) is 4.74 Å². The van der Waals surface area contributed by atoms with E-state index in [9.17, 15) is 4.79 Å². The molecule has 3 aliphatic rings. The zero-order chi connectivity index (χ0) is 18.3. The van der Waals surface area contributed by atoms with Crippen LogP contribution >= 0.6 is 0 Å². The molecular weight excluding hydrogens is 322 g/mol. The third-order valence-electron chi connectivity index (χ3n) is 6.50. The summed E-state index contributed by atoms with van der Waals surface area (Å²) >= 11 is 0. The lowest BCUT2D eigenvalue weighted by Gasteiger charge is -2.43. The number of benzene rings is 1. The lowest BCUT2D eigenvalue weighted by atomic mass is 9.62. The Kier molecular flexibility index (Phi) is 4.52. The first-order valence-corrected chi connectivity index (χ1v) is 9.79. The highest BCUT2D eigenvalue weighted by molar-refractivity contribution is 5.76. The van der Waals surface area contributed by atoms with Crippen LogP contribution in [-0.2, 0) is 16.1 Å². The van der Waals surface area contributed by atoms with E-state index in [2.05, 4.69) is 62.2 Å². The van der Waals surface area contributed by atoms with Gasteiger partial charge in [-0.15, -0.1) is 0 Å². The molecule has 2 aliphatic carbocycles. The highest BCUT2D eigenvalue weighted by Crippen LogP contribution is 2.52. The molecular formula is C23H29NO2. The Hall–Kier alpha value is -1.87. The topological polar surface area (TPSA) is 29.5 Å². The standard InChI is InChI=1S/C23H29NO2/c1-16-8-7-11-23(2)13-21-18(12-20(16)23)19(22(25)26-21)15-24(3)14-17-9-5-4-6-10-17/h4-6,8-10,12,18-19,21H,7,11,13-15H2,1-3H3/t18-,19+,21+,23-/m0/s1. The molecule has 1 heterocycles. The molecule has 3 heteroatoms. The predicted octanol–water partition coefficient (Wildman–Crippen LogP) is 4.35. The van der Waals surface area contributed by atoms with Crippen LogP contribution in [0.4, 0.5) is 0 Å². The Bertz CT molecular complexity index is 751. The van der Waals surface area contributed by atoms with Crippen molar-refractivity contribution in [2.75, 3.05) is 13.6 Å². The van der Waals surface area contributed by atoms with Crippen molar-refractivity contribution >= 4 is 5.97 Å². The molecule has 0 unspecified atom stereocenters. The van der Waals surface area contributed by atoms with Crippen LogP contribution in [0.5, 0.6) is 0 Å². The molecule has 1 aromatic rings. The summed E-state index contributed by atoms with van der Waals surface area (Å²) in [5.41, 5.74) is 4.30. The molecule has 26 heavy (non-hydrogen) atoms. The number of hydrogen-bond donors (Lipinski definition) is 0. The number of nitrogens with zero attached hydrogens (tertiary/aromatic N) is 1. The highest BCUT2D eigenvalue weighted by Gasteiger charge is 2.50. The molecule has 0 bridgehead atoms. The zero-order valence-electron chi connectivity index (χ0n) is 16.1. The van der Waals surface area contributed by atoms with Crippen molar-refractivity contribution in [3.05, 3.63) is 59.2 Å². The molecule has 3 nitrogen and oxygen atoms in total. The van der Waals surface area contributed by atoms with Crippen molar-refractivity contribution in [3.63, 3.8) is 0 Å². The van der Waals surface area contributed by atoms with Gasteiger partial charge in [0.25, 0.3) is 0 Å². The smallest absolute Gasteiger partial charge is 0.311 e. The van der Waals surface area contributed by atoms with E-state index in [-0.39, 0.29) is 29.3 Å². The number of carbonyl (C=O) groups is 1. The largest absolute Gasteiger partial charge is 0.461 e. The number of carbonyl (C=O) groups excluding carboxylic acids is 1. The number of ether oxygens (including phenoxy) is 1. The van der Waals surface area contributed by atoms with Crippen molar-refractivity contribution in [3.8, 4) is 0 Å². The van der Waals surface area contributed by atoms with E-state index >= 15 is 0 Å². The van der Waals surface area contributed by atoms with E-state index in [1.807, 2.05) is 6.07 Å². The molecule has 1 aliphatic heterocycles. The van der Waals surface area contributed by atoms with Crippen LogP contribution in [0.3, 0.4) is 0 Å². The molecule has 1 fully saturated rings. The number of hydrogen-bond acceptors (Lipinski definition) is 3. The second-order valence-corrected chi connectivity index (χ2v) is 8.61. The Morgan fingerprint density at radius 2 is 2.04 bits per heavy atom. The van der Waals surface area contributed by atoms with E-state index in [0.717, 1.165) is 32.4 Å². The predicted molar refractivity (Wildman–Crippen MR) is 103 cm³/mol. The van der Waals surface area contributed by atoms with Crippen LogP contribution in [0.2, 0.25) is 0 Å². The molecule has 0 N–H and O–H groups in total. The Morgan fingerprint density at radius 3 is 2.81 bits per heavy atom. The van der Waals surface area contributed by atoms with Gasteiger partial charge in [-0.3, -0.25) is 4.79 Å². The Morgan fingerprint density at radius 1 is 1.27 bits per heavy atom. The first-order chi connectivity index (χ1) is 12.5. The van der Waals surface area contributed by atoms with Gasteiger partial charge in [0, 0.05) is 19.0 Å². The minimum atomic E-state index is -0.0551. The zero-order valence-corrected chi connectivity index (χ0v) is 16.1. The summed E-state index contributed by atoms with van der Waals surface area (Å²) in [7, 11) is 2.10. The van der Waals surface area contributed by atoms with Crippen molar-refractivity contribution in [2.45, 2.75) is 45.8 Å². The summed E-state index contributed by atoms with van der Waals surface area (Å²) in [5.74, 6) is 0.145. The fourth-order valence-corrected chi connectivity index (χ4v) is 5.13. The number of rotatable bonds is 4. The normalized spacial score (nSPS) is 33.2. The molecule has 4 rings (SSSR count). The van der Waals surface area contributed by atoms with Gasteiger partial charge in [0.2, 0.25) is 0 Å². The molecule has 138 valence electrons. The van der Waals surface area contributed by atoms with Gasteiger partial charge in [-0.1, -0.05) is 55.0 Å². The molecule has 0 aromatic heterocycles. The van der Waals surface area contributed by atoms with Crippen molar-refractivity contribution < 1.29 is 9.53 Å². The molecule has 0 saturated carbocycles. The van der Waals surface area contributed by atoms with Crippen LogP contribution in [-0.4, -0.2) is 30.6 Å². The minimum Gasteiger partial charge on any atom is -0.461 e. The van der Waals surface area contributed by atoms with E-state index in [0.29, 0.717) is 0 Å². The summed E-state index contributed by atoms with van der Waals surface area (Å²) in [5, 5.41) is 0. The van der Waals surface area contributed by atoms with Crippen LogP contribution in [0.15, 0.2) is 53.6 Å². The van der Waals surface area contributed by atoms with Gasteiger partial charge >= 0.3 is 5.97 Å². The number of fused-ring (bicyclic) bond motifs is 2. The van der Waals surface area contributed by atoms with Gasteiger partial charge in [-0.2, -0.15) is 0 Å². The lowest BCUT2D eigenvalue weighted by Crippen LogP contribution is -2.38. The first-order valence-electron chi connectivity index (χ1n) is 9.79. The Labute approximate surface area is 156 Å². The monoisotopic (exact) mass is 351 g/mol. The van der Waals surface area contributed by atoms with Gasteiger partial charge in [0.05, 0.1) is 5.92 Å². The van der Waals surface area contributed by atoms with Gasteiger partial charge in [-0.05, 0) is 49.8 Å². The maximum Gasteiger partial charge on any atom is 0.311 e. The second-order valence-electron chi connectivity index (χ2n) is 8.61. The average molecular weight is 351 g/mol. The summed E-state index contributed by atoms with van der Waals surface area (Å²) in [6.07, 6.45) is 8.05. The Balaban J connectivity index is 1.53. The van der Waals surface area contributed by atoms with Crippen LogP contribution in [0, 0.1) is 17.3 Å². The van der Waals surface area contributed by atoms with E-state index < -0.39 is 0 Å². The molecule has 0 amide bonds. The molecule has 4 atom stereocenters. The third-order valence-corrected chi connectivity index (χ3v) is 6.50. The molecule has 1 saturated heterocycles. The summed E-state index contributed by atoms with van der Waals surface area (Å²) in [6.45, 7) is 6.17. The van der Waals surface area contributed by atoms with Gasteiger partial charge < -0.3 is 9.64 Å². The first kappa shape index (κ1) is 17.5. The van der Waals surface area contributed by atoms with Crippen LogP contribution < -0.4 is 0 Å². The fraction of sp³-hybridized carbons (Fsp3) is 0.522. The maximum atomic E-state index is 12.6. The summed E-state index contributed by atoms with van der Waals surface area (Å²) < 4.78 is 5.85. The number of esters is 1. The third kappa shape index (κ3) is 3.14. The van der Waals surface area contributed by atoms with Crippen molar-refractivity contribution in [1.82, 2.24) is 4.90 Å².